The lowest BCUT2D eigenvalue weighted by Gasteiger charge is -2.36. The number of hydrogen-bond acceptors (Lipinski definition) is 2. The highest BCUT2D eigenvalue weighted by molar-refractivity contribution is 4.82. The van der Waals surface area contributed by atoms with Gasteiger partial charge < -0.3 is 9.84 Å². The van der Waals surface area contributed by atoms with Gasteiger partial charge in [-0.1, -0.05) is 26.7 Å². The first-order chi connectivity index (χ1) is 7.69. The lowest BCUT2D eigenvalue weighted by molar-refractivity contribution is -0.0396. The molecular weight excluding hydrogens is 200 g/mol. The highest BCUT2D eigenvalue weighted by Gasteiger charge is 2.31. The van der Waals surface area contributed by atoms with Gasteiger partial charge in [-0.25, -0.2) is 0 Å². The van der Waals surface area contributed by atoms with Crippen molar-refractivity contribution in [1.82, 2.24) is 0 Å². The molecule has 0 bridgehead atoms. The quantitative estimate of drug-likeness (QED) is 0.690. The van der Waals surface area contributed by atoms with E-state index < -0.39 is 0 Å². The first-order valence-electron chi connectivity index (χ1n) is 6.99. The van der Waals surface area contributed by atoms with Crippen molar-refractivity contribution >= 4 is 0 Å². The van der Waals surface area contributed by atoms with Crippen LogP contribution in [0.25, 0.3) is 0 Å². The van der Waals surface area contributed by atoms with Gasteiger partial charge in [-0.15, -0.1) is 0 Å². The molecule has 0 radical (unpaired) electrons. The van der Waals surface area contributed by atoms with Gasteiger partial charge in [-0.2, -0.15) is 0 Å². The van der Waals surface area contributed by atoms with Gasteiger partial charge in [0.05, 0.1) is 12.2 Å². The van der Waals surface area contributed by atoms with Gasteiger partial charge in [0.1, 0.15) is 0 Å². The molecule has 1 unspecified atom stereocenters. The minimum absolute atomic E-state index is 0.0857. The number of rotatable bonds is 8. The van der Waals surface area contributed by atoms with Crippen LogP contribution in [-0.4, -0.2) is 23.9 Å². The fourth-order valence-electron chi connectivity index (χ4n) is 2.73. The van der Waals surface area contributed by atoms with Crippen LogP contribution in [-0.2, 0) is 4.74 Å². The molecule has 0 aliphatic heterocycles. The molecule has 0 aromatic heterocycles. The van der Waals surface area contributed by atoms with Crippen LogP contribution in [0.5, 0.6) is 0 Å². The highest BCUT2D eigenvalue weighted by atomic mass is 16.5. The fourth-order valence-corrected chi connectivity index (χ4v) is 2.73. The molecule has 1 atom stereocenters. The van der Waals surface area contributed by atoms with Crippen LogP contribution in [0.3, 0.4) is 0 Å². The maximum absolute atomic E-state index is 9.99. The van der Waals surface area contributed by atoms with Crippen molar-refractivity contribution in [3.8, 4) is 0 Å². The molecule has 1 fully saturated rings. The molecule has 0 heterocycles. The van der Waals surface area contributed by atoms with Crippen LogP contribution in [0.15, 0.2) is 0 Å². The smallest absolute Gasteiger partial charge is 0.0580 e. The maximum Gasteiger partial charge on any atom is 0.0580 e. The fraction of sp³-hybridized carbons (Fsp3) is 1.00. The summed E-state index contributed by atoms with van der Waals surface area (Å²) in [6.45, 7) is 7.31. The van der Waals surface area contributed by atoms with Crippen LogP contribution in [0.2, 0.25) is 0 Å². The zero-order valence-corrected chi connectivity index (χ0v) is 11.1. The average Bonchev–Trinajstić information content (AvgIpc) is 2.23. The Hall–Kier alpha value is -0.0800. The summed E-state index contributed by atoms with van der Waals surface area (Å²) in [4.78, 5) is 0. The summed E-state index contributed by atoms with van der Waals surface area (Å²) in [5, 5.41) is 9.99. The maximum atomic E-state index is 9.99. The second-order valence-corrected chi connectivity index (χ2v) is 5.22. The Morgan fingerprint density at radius 3 is 2.31 bits per heavy atom. The molecule has 1 N–H and O–H groups in total. The van der Waals surface area contributed by atoms with E-state index in [1.807, 2.05) is 0 Å². The predicted octanol–water partition coefficient (Wildman–Crippen LogP) is 3.38. The minimum Gasteiger partial charge on any atom is -0.393 e. The standard InChI is InChI=1S/C14H28O2/c1-4-11(5-2)7-13(15)8-12-9-14(10-12)16-6-3/h11-15H,4-10H2,1-3H3. The second-order valence-electron chi connectivity index (χ2n) is 5.22. The lowest BCUT2D eigenvalue weighted by atomic mass is 9.77. The summed E-state index contributed by atoms with van der Waals surface area (Å²) >= 11 is 0. The SMILES string of the molecule is CCOC1CC(CC(O)CC(CC)CC)C1. The van der Waals surface area contributed by atoms with E-state index in [2.05, 4.69) is 20.8 Å². The molecule has 0 aromatic carbocycles. The summed E-state index contributed by atoms with van der Waals surface area (Å²) in [5.74, 6) is 1.42. The Balaban J connectivity index is 2.09. The largest absolute Gasteiger partial charge is 0.393 e. The van der Waals surface area contributed by atoms with E-state index in [9.17, 15) is 5.11 Å². The number of ether oxygens (including phenoxy) is 1. The predicted molar refractivity (Wildman–Crippen MR) is 67.5 cm³/mol. The van der Waals surface area contributed by atoms with Crippen LogP contribution in [0, 0.1) is 11.8 Å². The van der Waals surface area contributed by atoms with Crippen molar-refractivity contribution in [1.29, 1.82) is 0 Å². The van der Waals surface area contributed by atoms with Crippen LogP contribution in [0.1, 0.15) is 59.3 Å². The molecule has 1 aliphatic rings. The number of aliphatic hydroxyl groups is 1. The topological polar surface area (TPSA) is 29.5 Å². The van der Waals surface area contributed by atoms with Gasteiger partial charge in [-0.05, 0) is 44.4 Å². The molecule has 0 saturated heterocycles. The van der Waals surface area contributed by atoms with Crippen molar-refractivity contribution < 1.29 is 9.84 Å². The van der Waals surface area contributed by atoms with E-state index in [0.29, 0.717) is 17.9 Å². The van der Waals surface area contributed by atoms with Gasteiger partial charge in [0, 0.05) is 6.61 Å². The Morgan fingerprint density at radius 2 is 1.81 bits per heavy atom. The van der Waals surface area contributed by atoms with Gasteiger partial charge >= 0.3 is 0 Å². The normalized spacial score (nSPS) is 26.8. The van der Waals surface area contributed by atoms with Crippen molar-refractivity contribution in [2.45, 2.75) is 71.5 Å². The second kappa shape index (κ2) is 7.29. The third kappa shape index (κ3) is 4.42. The molecule has 1 rings (SSSR count). The van der Waals surface area contributed by atoms with Crippen LogP contribution >= 0.6 is 0 Å². The van der Waals surface area contributed by atoms with Crippen molar-refractivity contribution in [2.24, 2.45) is 11.8 Å². The molecule has 16 heavy (non-hydrogen) atoms. The van der Waals surface area contributed by atoms with Gasteiger partial charge in [0.2, 0.25) is 0 Å². The molecule has 0 aromatic rings. The van der Waals surface area contributed by atoms with E-state index in [1.54, 1.807) is 0 Å². The van der Waals surface area contributed by atoms with Crippen molar-refractivity contribution in [3.63, 3.8) is 0 Å². The van der Waals surface area contributed by atoms with E-state index in [0.717, 1.165) is 32.3 Å². The third-order valence-corrected chi connectivity index (χ3v) is 3.96. The Labute approximate surface area is 100 Å². The molecule has 96 valence electrons. The van der Waals surface area contributed by atoms with E-state index in [1.165, 1.54) is 12.8 Å². The molecule has 0 amide bonds. The summed E-state index contributed by atoms with van der Waals surface area (Å²) in [6, 6.07) is 0. The van der Waals surface area contributed by atoms with Crippen molar-refractivity contribution in [2.75, 3.05) is 6.61 Å². The first-order valence-corrected chi connectivity index (χ1v) is 6.99. The number of aliphatic hydroxyl groups excluding tert-OH is 1. The highest BCUT2D eigenvalue weighted by Crippen LogP contribution is 2.34. The Bertz CT molecular complexity index is 172. The van der Waals surface area contributed by atoms with Crippen LogP contribution in [0.4, 0.5) is 0 Å². The summed E-state index contributed by atoms with van der Waals surface area (Å²) in [5.41, 5.74) is 0. The summed E-state index contributed by atoms with van der Waals surface area (Å²) in [6.07, 6.45) is 7.08. The summed E-state index contributed by atoms with van der Waals surface area (Å²) in [7, 11) is 0. The van der Waals surface area contributed by atoms with Gasteiger partial charge in [0.15, 0.2) is 0 Å². The average molecular weight is 228 g/mol. The molecule has 2 nitrogen and oxygen atoms in total. The minimum atomic E-state index is -0.0857. The van der Waals surface area contributed by atoms with Gasteiger partial charge in [-0.3, -0.25) is 0 Å². The number of hydrogen-bond donors (Lipinski definition) is 1. The van der Waals surface area contributed by atoms with Crippen molar-refractivity contribution in [3.05, 3.63) is 0 Å². The monoisotopic (exact) mass is 228 g/mol. The lowest BCUT2D eigenvalue weighted by Crippen LogP contribution is -2.34. The van der Waals surface area contributed by atoms with Crippen LogP contribution < -0.4 is 0 Å². The molecular formula is C14H28O2. The first kappa shape index (κ1) is 14.0. The third-order valence-electron chi connectivity index (χ3n) is 3.96. The van der Waals surface area contributed by atoms with E-state index in [4.69, 9.17) is 4.74 Å². The molecule has 1 aliphatic carbocycles. The Kier molecular flexibility index (Phi) is 6.37. The zero-order chi connectivity index (χ0) is 12.0. The zero-order valence-electron chi connectivity index (χ0n) is 11.1. The summed E-state index contributed by atoms with van der Waals surface area (Å²) < 4.78 is 5.53. The Morgan fingerprint density at radius 1 is 1.19 bits per heavy atom. The molecule has 0 spiro atoms. The molecule has 2 heteroatoms. The van der Waals surface area contributed by atoms with E-state index >= 15 is 0 Å². The molecule has 1 saturated carbocycles. The van der Waals surface area contributed by atoms with E-state index in [-0.39, 0.29) is 6.10 Å². The van der Waals surface area contributed by atoms with Gasteiger partial charge in [0.25, 0.3) is 0 Å².